The van der Waals surface area contributed by atoms with Gasteiger partial charge >= 0.3 is 0 Å². The minimum atomic E-state index is 0.209. The molecule has 1 aliphatic rings. The number of aryl methyl sites for hydroxylation is 1. The summed E-state index contributed by atoms with van der Waals surface area (Å²) in [6.07, 6.45) is 0. The fourth-order valence-electron chi connectivity index (χ4n) is 1.32. The molecule has 1 aliphatic heterocycles. The summed E-state index contributed by atoms with van der Waals surface area (Å²) in [5, 5.41) is 17.8. The van der Waals surface area contributed by atoms with Crippen molar-refractivity contribution in [3.05, 3.63) is 28.6 Å². The first-order valence-corrected chi connectivity index (χ1v) is 8.26. The number of nitriles is 2. The molecule has 0 spiro atoms. The molecule has 0 bridgehead atoms. The molecule has 0 unspecified atom stereocenters. The van der Waals surface area contributed by atoms with Crippen molar-refractivity contribution in [3.8, 4) is 12.1 Å². The van der Waals surface area contributed by atoms with Crippen molar-refractivity contribution in [1.82, 2.24) is 0 Å². The Morgan fingerprint density at radius 1 is 1.18 bits per heavy atom. The zero-order chi connectivity index (χ0) is 12.6. The molecule has 1 aromatic rings. The number of hydrogen-bond donors (Lipinski definition) is 0. The molecule has 2 rings (SSSR count). The minimum Gasteiger partial charge on any atom is -0.192 e. The van der Waals surface area contributed by atoms with Gasteiger partial charge in [0.1, 0.15) is 17.7 Å². The monoisotopic (exact) mass is 482 g/mol. The highest BCUT2D eigenvalue weighted by atomic mass is 127. The number of halogens is 2. The Labute approximate surface area is 135 Å². The molecule has 0 aromatic heterocycles. The van der Waals surface area contributed by atoms with Crippen molar-refractivity contribution in [3.63, 3.8) is 0 Å². The van der Waals surface area contributed by atoms with E-state index in [1.165, 1.54) is 46.0 Å². The second-order valence-electron chi connectivity index (χ2n) is 3.24. The van der Waals surface area contributed by atoms with Crippen LogP contribution >= 0.6 is 68.7 Å². The standard InChI is InChI=1S/C11H4I2N2S2/c1-5-2-7(12)9-10(8(5)13)17-11(16-9)6(3-14)4-15/h2H,1H3. The molecule has 1 heterocycles. The molecule has 2 nitrogen and oxygen atoms in total. The second kappa shape index (κ2) is 5.39. The highest BCUT2D eigenvalue weighted by Crippen LogP contribution is 2.55. The highest BCUT2D eigenvalue weighted by molar-refractivity contribution is 14.1. The van der Waals surface area contributed by atoms with Crippen LogP contribution in [0.3, 0.4) is 0 Å². The van der Waals surface area contributed by atoms with Crippen LogP contribution in [0.2, 0.25) is 0 Å². The molecule has 6 heteroatoms. The van der Waals surface area contributed by atoms with Gasteiger partial charge in [0, 0.05) is 16.9 Å². The van der Waals surface area contributed by atoms with Crippen molar-refractivity contribution in [1.29, 1.82) is 10.5 Å². The van der Waals surface area contributed by atoms with Gasteiger partial charge in [-0.05, 0) is 63.7 Å². The summed E-state index contributed by atoms with van der Waals surface area (Å²) in [7, 11) is 0. The van der Waals surface area contributed by atoms with E-state index in [2.05, 4.69) is 58.2 Å². The van der Waals surface area contributed by atoms with Gasteiger partial charge in [-0.15, -0.1) is 0 Å². The Hall–Kier alpha value is 0.1000. The number of hydrogen-bond acceptors (Lipinski definition) is 4. The van der Waals surface area contributed by atoms with E-state index in [4.69, 9.17) is 10.5 Å². The lowest BCUT2D eigenvalue weighted by Gasteiger charge is -2.05. The molecule has 0 amide bonds. The van der Waals surface area contributed by atoms with Crippen LogP contribution < -0.4 is 0 Å². The Bertz CT molecular complexity index is 608. The molecule has 0 saturated carbocycles. The molecule has 0 radical (unpaired) electrons. The Kier molecular flexibility index (Phi) is 4.29. The van der Waals surface area contributed by atoms with E-state index in [-0.39, 0.29) is 5.57 Å². The summed E-state index contributed by atoms with van der Waals surface area (Å²) in [6.45, 7) is 2.08. The summed E-state index contributed by atoms with van der Waals surface area (Å²) in [5.41, 5.74) is 1.44. The van der Waals surface area contributed by atoms with Crippen LogP contribution in [0.1, 0.15) is 5.56 Å². The van der Waals surface area contributed by atoms with Crippen LogP contribution in [-0.2, 0) is 0 Å². The molecule has 84 valence electrons. The molecule has 0 aliphatic carbocycles. The topological polar surface area (TPSA) is 47.6 Å². The van der Waals surface area contributed by atoms with E-state index in [1.54, 1.807) is 0 Å². The third-order valence-corrected chi connectivity index (χ3v) is 7.75. The van der Waals surface area contributed by atoms with Gasteiger partial charge in [0.15, 0.2) is 0 Å². The van der Waals surface area contributed by atoms with Crippen molar-refractivity contribution in [2.75, 3.05) is 0 Å². The molecule has 0 saturated heterocycles. The van der Waals surface area contributed by atoms with E-state index < -0.39 is 0 Å². The normalized spacial score (nSPS) is 12.9. The quantitative estimate of drug-likeness (QED) is 0.399. The summed E-state index contributed by atoms with van der Waals surface area (Å²) < 4.78 is 3.19. The fraction of sp³-hybridized carbons (Fsp3) is 0.0909. The lowest BCUT2D eigenvalue weighted by Crippen LogP contribution is -1.87. The van der Waals surface area contributed by atoms with E-state index >= 15 is 0 Å². The van der Waals surface area contributed by atoms with Gasteiger partial charge < -0.3 is 0 Å². The first kappa shape index (κ1) is 13.5. The van der Waals surface area contributed by atoms with Crippen molar-refractivity contribution < 1.29 is 0 Å². The summed E-state index contributed by atoms with van der Waals surface area (Å²) in [6, 6.07) is 6.04. The number of nitrogens with zero attached hydrogens (tertiary/aromatic N) is 2. The molecule has 0 atom stereocenters. The summed E-state index contributed by atoms with van der Waals surface area (Å²) >= 11 is 7.68. The Balaban J connectivity index is 2.60. The van der Waals surface area contributed by atoms with Gasteiger partial charge in [-0.1, -0.05) is 23.5 Å². The van der Waals surface area contributed by atoms with Gasteiger partial charge in [-0.3, -0.25) is 0 Å². The maximum absolute atomic E-state index is 8.90. The number of thioether (sulfide) groups is 2. The molecule has 0 N–H and O–H groups in total. The van der Waals surface area contributed by atoms with Crippen LogP contribution in [0.25, 0.3) is 0 Å². The van der Waals surface area contributed by atoms with E-state index in [9.17, 15) is 0 Å². The van der Waals surface area contributed by atoms with E-state index in [0.717, 1.165) is 4.24 Å². The van der Waals surface area contributed by atoms with E-state index in [1.807, 2.05) is 12.1 Å². The van der Waals surface area contributed by atoms with Gasteiger partial charge in [0.05, 0.1) is 4.24 Å². The van der Waals surface area contributed by atoms with Gasteiger partial charge in [-0.2, -0.15) is 10.5 Å². The summed E-state index contributed by atoms with van der Waals surface area (Å²) in [5.74, 6) is 0. The van der Waals surface area contributed by atoms with Crippen molar-refractivity contribution in [2.45, 2.75) is 16.7 Å². The van der Waals surface area contributed by atoms with E-state index in [0.29, 0.717) is 0 Å². The first-order chi connectivity index (χ1) is 8.08. The maximum Gasteiger partial charge on any atom is 0.150 e. The smallest absolute Gasteiger partial charge is 0.150 e. The number of benzene rings is 1. The molecular weight excluding hydrogens is 478 g/mol. The lowest BCUT2D eigenvalue weighted by atomic mass is 10.2. The van der Waals surface area contributed by atoms with Crippen LogP contribution in [-0.4, -0.2) is 0 Å². The average molecular weight is 482 g/mol. The van der Waals surface area contributed by atoms with Gasteiger partial charge in [0.2, 0.25) is 0 Å². The van der Waals surface area contributed by atoms with Gasteiger partial charge in [-0.25, -0.2) is 0 Å². The SMILES string of the molecule is Cc1cc(I)c2c(c1I)SC(=C(C#N)C#N)S2. The number of fused-ring (bicyclic) bond motifs is 1. The Morgan fingerprint density at radius 2 is 1.76 bits per heavy atom. The van der Waals surface area contributed by atoms with Crippen molar-refractivity contribution >= 4 is 68.7 Å². The first-order valence-electron chi connectivity index (χ1n) is 4.47. The minimum absolute atomic E-state index is 0.209. The zero-order valence-electron chi connectivity index (χ0n) is 8.54. The van der Waals surface area contributed by atoms with Crippen LogP contribution in [0, 0.1) is 36.7 Å². The predicted molar refractivity (Wildman–Crippen MR) is 86.6 cm³/mol. The lowest BCUT2D eigenvalue weighted by molar-refractivity contribution is 1.16. The third-order valence-electron chi connectivity index (χ3n) is 2.13. The van der Waals surface area contributed by atoms with Crippen LogP contribution in [0.5, 0.6) is 0 Å². The highest BCUT2D eigenvalue weighted by Gasteiger charge is 2.26. The fourth-order valence-corrected chi connectivity index (χ4v) is 5.98. The second-order valence-corrected chi connectivity index (χ2v) is 7.78. The zero-order valence-corrected chi connectivity index (χ0v) is 14.5. The van der Waals surface area contributed by atoms with Crippen molar-refractivity contribution in [2.24, 2.45) is 0 Å². The van der Waals surface area contributed by atoms with Crippen LogP contribution in [0.4, 0.5) is 0 Å². The predicted octanol–water partition coefficient (Wildman–Crippen LogP) is 4.66. The van der Waals surface area contributed by atoms with Gasteiger partial charge in [0.25, 0.3) is 0 Å². The average Bonchev–Trinajstić information content (AvgIpc) is 2.73. The summed E-state index contributed by atoms with van der Waals surface area (Å²) in [4.78, 5) is 2.35. The maximum atomic E-state index is 8.90. The molecular formula is C11H4I2N2S2. The molecule has 0 fully saturated rings. The molecule has 1 aromatic carbocycles. The van der Waals surface area contributed by atoms with Crippen LogP contribution in [0.15, 0.2) is 25.7 Å². The third kappa shape index (κ3) is 2.46. The number of allylic oxidation sites excluding steroid dienone is 1. The largest absolute Gasteiger partial charge is 0.192 e. The molecule has 17 heavy (non-hydrogen) atoms. The number of rotatable bonds is 0. The Morgan fingerprint density at radius 3 is 2.35 bits per heavy atom.